The summed E-state index contributed by atoms with van der Waals surface area (Å²) in [5.41, 5.74) is 4.98. The Kier molecular flexibility index (Phi) is 8.13. The number of fused-ring (bicyclic) bond motifs is 1. The van der Waals surface area contributed by atoms with Gasteiger partial charge in [-0.2, -0.15) is 0 Å². The number of ether oxygens (including phenoxy) is 1. The number of carbonyl (C=O) groups excluding carboxylic acids is 1. The van der Waals surface area contributed by atoms with Crippen LogP contribution in [0.3, 0.4) is 0 Å². The van der Waals surface area contributed by atoms with E-state index in [9.17, 15) is 14.3 Å². The highest BCUT2D eigenvalue weighted by atomic mass is 28.3. The smallest absolute Gasteiger partial charge is 0.293 e. The molecule has 32 heavy (non-hydrogen) atoms. The molecule has 2 aromatic heterocycles. The van der Waals surface area contributed by atoms with Crippen molar-refractivity contribution in [1.29, 1.82) is 0 Å². The molecule has 0 unspecified atom stereocenters. The van der Waals surface area contributed by atoms with Crippen LogP contribution in [0.4, 0.5) is 4.39 Å². The van der Waals surface area contributed by atoms with E-state index < -0.39 is 14.0 Å². The van der Waals surface area contributed by atoms with Crippen molar-refractivity contribution in [3.8, 4) is 0 Å². The number of pyridine rings is 1. The van der Waals surface area contributed by atoms with Crippen LogP contribution in [0.2, 0.25) is 25.7 Å². The molecule has 0 bridgehead atoms. The minimum Gasteiger partial charge on any atom is -0.396 e. The van der Waals surface area contributed by atoms with Crippen LogP contribution in [0, 0.1) is 5.82 Å². The maximum absolute atomic E-state index is 13.2. The summed E-state index contributed by atoms with van der Waals surface area (Å²) >= 11 is 0. The molecule has 2 heterocycles. The van der Waals surface area contributed by atoms with Gasteiger partial charge in [-0.25, -0.2) is 19.7 Å². The number of nitrogens with zero attached hydrogens (tertiary/aromatic N) is 2. The van der Waals surface area contributed by atoms with Gasteiger partial charge in [-0.05, 0) is 41.8 Å². The summed E-state index contributed by atoms with van der Waals surface area (Å²) in [5.74, 6) is -0.771. The average molecular weight is 460 g/mol. The zero-order chi connectivity index (χ0) is 23.1. The van der Waals surface area contributed by atoms with Gasteiger partial charge in [-0.15, -0.1) is 0 Å². The second kappa shape index (κ2) is 10.8. The number of amides is 1. The number of hydrogen-bond donors (Lipinski definition) is 2. The first-order valence-electron chi connectivity index (χ1n) is 10.6. The van der Waals surface area contributed by atoms with Crippen molar-refractivity contribution in [2.75, 3.05) is 20.0 Å². The van der Waals surface area contributed by atoms with Crippen LogP contribution in [-0.2, 0) is 22.5 Å². The SMILES string of the molecule is C[Si](C)(C)CCOCONC(=O)c1ncc2c(ccn2Cc2ccc(F)cc2)c1CCO. The Labute approximate surface area is 188 Å². The molecule has 0 aliphatic heterocycles. The van der Waals surface area contributed by atoms with Gasteiger partial charge in [0.05, 0.1) is 11.7 Å². The van der Waals surface area contributed by atoms with Gasteiger partial charge >= 0.3 is 0 Å². The van der Waals surface area contributed by atoms with Crippen LogP contribution in [0.15, 0.2) is 42.7 Å². The third kappa shape index (κ3) is 6.46. The van der Waals surface area contributed by atoms with Crippen LogP contribution in [0.5, 0.6) is 0 Å². The molecule has 0 spiro atoms. The number of aliphatic hydroxyl groups is 1. The fourth-order valence-electron chi connectivity index (χ4n) is 3.32. The molecule has 2 N–H and O–H groups in total. The first kappa shape index (κ1) is 24.1. The number of nitrogens with one attached hydrogen (secondary N) is 1. The molecule has 0 saturated carbocycles. The lowest BCUT2D eigenvalue weighted by atomic mass is 10.1. The molecule has 3 aromatic rings. The topological polar surface area (TPSA) is 85.6 Å². The maximum atomic E-state index is 13.2. The Balaban J connectivity index is 1.69. The Morgan fingerprint density at radius 2 is 1.97 bits per heavy atom. The van der Waals surface area contributed by atoms with E-state index >= 15 is 0 Å². The van der Waals surface area contributed by atoms with Crippen molar-refractivity contribution in [1.82, 2.24) is 15.0 Å². The van der Waals surface area contributed by atoms with Gasteiger partial charge in [-0.3, -0.25) is 4.79 Å². The fourth-order valence-corrected chi connectivity index (χ4v) is 4.08. The summed E-state index contributed by atoms with van der Waals surface area (Å²) in [6, 6.07) is 9.21. The molecule has 0 aliphatic rings. The number of benzene rings is 1. The van der Waals surface area contributed by atoms with Crippen molar-refractivity contribution in [3.63, 3.8) is 0 Å². The molecule has 7 nitrogen and oxygen atoms in total. The summed E-state index contributed by atoms with van der Waals surface area (Å²) in [6.45, 7) is 7.75. The van der Waals surface area contributed by atoms with Gasteiger partial charge in [0.25, 0.3) is 5.91 Å². The minimum absolute atomic E-state index is 0.0398. The lowest BCUT2D eigenvalue weighted by Gasteiger charge is -2.15. The number of aromatic nitrogens is 2. The number of rotatable bonds is 11. The summed E-state index contributed by atoms with van der Waals surface area (Å²) < 4.78 is 20.6. The summed E-state index contributed by atoms with van der Waals surface area (Å²) in [7, 11) is -1.18. The van der Waals surface area contributed by atoms with Crippen molar-refractivity contribution in [2.45, 2.75) is 38.7 Å². The number of carbonyl (C=O) groups is 1. The lowest BCUT2D eigenvalue weighted by molar-refractivity contribution is -0.0849. The van der Waals surface area contributed by atoms with E-state index in [1.54, 1.807) is 18.3 Å². The van der Waals surface area contributed by atoms with E-state index in [2.05, 4.69) is 30.1 Å². The predicted octanol–water partition coefficient (Wildman–Crippen LogP) is 3.73. The number of aliphatic hydroxyl groups excluding tert-OH is 1. The predicted molar refractivity (Wildman–Crippen MR) is 124 cm³/mol. The van der Waals surface area contributed by atoms with Crippen molar-refractivity contribution >= 4 is 24.9 Å². The molecular weight excluding hydrogens is 429 g/mol. The summed E-state index contributed by atoms with van der Waals surface area (Å²) in [5, 5.41) is 10.4. The Morgan fingerprint density at radius 3 is 2.66 bits per heavy atom. The molecule has 3 rings (SSSR count). The van der Waals surface area contributed by atoms with Gasteiger partial charge in [0, 0.05) is 39.4 Å². The second-order valence-electron chi connectivity index (χ2n) is 8.84. The number of hydrogen-bond acceptors (Lipinski definition) is 5. The quantitative estimate of drug-likeness (QED) is 0.198. The maximum Gasteiger partial charge on any atom is 0.293 e. The van der Waals surface area contributed by atoms with E-state index in [0.29, 0.717) is 18.7 Å². The zero-order valence-electron chi connectivity index (χ0n) is 18.7. The zero-order valence-corrected chi connectivity index (χ0v) is 19.7. The monoisotopic (exact) mass is 459 g/mol. The molecule has 0 radical (unpaired) electrons. The van der Waals surface area contributed by atoms with Gasteiger partial charge in [0.15, 0.2) is 6.79 Å². The van der Waals surface area contributed by atoms with Gasteiger partial charge in [-0.1, -0.05) is 31.8 Å². The number of halogens is 1. The first-order valence-corrected chi connectivity index (χ1v) is 14.3. The highest BCUT2D eigenvalue weighted by Crippen LogP contribution is 2.24. The van der Waals surface area contributed by atoms with Crippen LogP contribution < -0.4 is 5.48 Å². The Bertz CT molecular complexity index is 1050. The summed E-state index contributed by atoms with van der Waals surface area (Å²) in [4.78, 5) is 22.1. The van der Waals surface area contributed by atoms with E-state index in [4.69, 9.17) is 9.57 Å². The van der Waals surface area contributed by atoms with Crippen LogP contribution in [-0.4, -0.2) is 48.6 Å². The Morgan fingerprint density at radius 1 is 1.22 bits per heavy atom. The van der Waals surface area contributed by atoms with Crippen LogP contribution in [0.25, 0.3) is 10.9 Å². The molecule has 172 valence electrons. The second-order valence-corrected chi connectivity index (χ2v) is 14.5. The Hall–Kier alpha value is -2.59. The average Bonchev–Trinajstić information content (AvgIpc) is 3.15. The minimum atomic E-state index is -1.18. The molecule has 0 aliphatic carbocycles. The van der Waals surface area contributed by atoms with Gasteiger partial charge in [0.1, 0.15) is 11.5 Å². The fraction of sp³-hybridized carbons (Fsp3) is 0.391. The highest BCUT2D eigenvalue weighted by molar-refractivity contribution is 6.76. The van der Waals surface area contributed by atoms with Crippen molar-refractivity contribution in [2.24, 2.45) is 0 Å². The molecule has 0 atom stereocenters. The van der Waals surface area contributed by atoms with E-state index in [1.165, 1.54) is 12.1 Å². The third-order valence-corrected chi connectivity index (χ3v) is 6.78. The molecule has 0 fully saturated rings. The molecule has 1 amide bonds. The third-order valence-electron chi connectivity index (χ3n) is 5.08. The van der Waals surface area contributed by atoms with Crippen LogP contribution in [0.1, 0.15) is 21.6 Å². The molecule has 9 heteroatoms. The van der Waals surface area contributed by atoms with Crippen LogP contribution >= 0.6 is 0 Å². The van der Waals surface area contributed by atoms with E-state index in [1.807, 2.05) is 16.8 Å². The standard InChI is InChI=1S/C23H30FN3O4Si/c1-32(2,3)13-12-30-16-31-26-23(29)22-20(9-11-28)19-8-10-27(21(19)14-25-22)15-17-4-6-18(24)7-5-17/h4-8,10,14,28H,9,11-13,15-16H2,1-3H3,(H,26,29). The van der Waals surface area contributed by atoms with Crippen molar-refractivity contribution < 1.29 is 23.9 Å². The first-order chi connectivity index (χ1) is 15.3. The van der Waals surface area contributed by atoms with Gasteiger partial charge < -0.3 is 14.4 Å². The van der Waals surface area contributed by atoms with E-state index in [0.717, 1.165) is 22.5 Å². The highest BCUT2D eigenvalue weighted by Gasteiger charge is 2.18. The van der Waals surface area contributed by atoms with E-state index in [-0.39, 0.29) is 31.3 Å². The molecular formula is C23H30FN3O4Si. The normalized spacial score (nSPS) is 11.8. The van der Waals surface area contributed by atoms with Crippen molar-refractivity contribution in [3.05, 3.63) is 65.4 Å². The summed E-state index contributed by atoms with van der Waals surface area (Å²) in [6.07, 6.45) is 3.79. The molecule has 0 saturated heterocycles. The number of hydroxylamine groups is 1. The largest absolute Gasteiger partial charge is 0.396 e. The molecule has 1 aromatic carbocycles. The van der Waals surface area contributed by atoms with Gasteiger partial charge in [0.2, 0.25) is 0 Å². The lowest BCUT2D eigenvalue weighted by Crippen LogP contribution is -2.28.